The summed E-state index contributed by atoms with van der Waals surface area (Å²) >= 11 is 0. The van der Waals surface area contributed by atoms with Gasteiger partial charge in [0.15, 0.2) is 0 Å². The summed E-state index contributed by atoms with van der Waals surface area (Å²) in [5.41, 5.74) is 7.62. The number of allylic oxidation sites excluding steroid dienone is 2. The standard InChI is InChI=1S/C26H35NO2.C26H31NO2.CH3.Pd/c2*1-26(2,3)29-25(28)27-17-15-20(16-18-27)22-14-13-21(19-9-5-4-6-10-19)23-11-7-8-12-24(22)23;;/h7-8,11-14,19-20H,4-6,9-10,15-18H2,1-3H3;7-9,11-15H,4-6,10,16-18H2,1-3H3;1H3;/q;;-1;. The topological polar surface area (TPSA) is 59.1 Å². The average Bonchev–Trinajstić information content (AvgIpc) is 3.23. The Kier molecular flexibility index (Phi) is 16.3. The molecule has 0 atom stereocenters. The van der Waals surface area contributed by atoms with E-state index in [1.54, 1.807) is 10.5 Å². The molecular formula is C53H69N2O4Pd-. The van der Waals surface area contributed by atoms with E-state index in [4.69, 9.17) is 9.47 Å². The predicted octanol–water partition coefficient (Wildman–Crippen LogP) is 14.3. The fourth-order valence-electron chi connectivity index (χ4n) is 9.52. The number of ether oxygens (including phenoxy) is 2. The summed E-state index contributed by atoms with van der Waals surface area (Å²) in [4.78, 5) is 28.4. The number of carbonyl (C=O) groups excluding carboxylic acids is 2. The zero-order valence-corrected chi connectivity index (χ0v) is 38.9. The third-order valence-corrected chi connectivity index (χ3v) is 12.4. The van der Waals surface area contributed by atoms with E-state index in [0.29, 0.717) is 19.0 Å². The van der Waals surface area contributed by atoms with Crippen LogP contribution in [0.5, 0.6) is 0 Å². The molecule has 1 saturated heterocycles. The first-order valence-corrected chi connectivity index (χ1v) is 22.2. The quantitative estimate of drug-likeness (QED) is 0.151. The van der Waals surface area contributed by atoms with Crippen LogP contribution >= 0.6 is 0 Å². The second kappa shape index (κ2) is 20.8. The van der Waals surface area contributed by atoms with Crippen LogP contribution in [0.25, 0.3) is 32.7 Å². The smallest absolute Gasteiger partial charge is 0.410 e. The van der Waals surface area contributed by atoms with E-state index in [2.05, 4.69) is 84.9 Å². The van der Waals surface area contributed by atoms with Crippen LogP contribution in [0.3, 0.4) is 0 Å². The Balaban J connectivity index is 0.000000220. The van der Waals surface area contributed by atoms with Crippen LogP contribution in [0.15, 0.2) is 84.9 Å². The zero-order valence-electron chi connectivity index (χ0n) is 37.4. The van der Waals surface area contributed by atoms with Gasteiger partial charge in [0, 0.05) is 46.6 Å². The predicted molar refractivity (Wildman–Crippen MR) is 247 cm³/mol. The third kappa shape index (κ3) is 11.7. The number of rotatable bonds is 4. The summed E-state index contributed by atoms with van der Waals surface area (Å²) in [6, 6.07) is 27.1. The maximum Gasteiger partial charge on any atom is 0.410 e. The Morgan fingerprint density at radius 3 is 1.48 bits per heavy atom. The maximum atomic E-state index is 12.4. The Morgan fingerprint density at radius 2 is 1.02 bits per heavy atom. The number of piperidine rings is 1. The van der Waals surface area contributed by atoms with Gasteiger partial charge in [-0.1, -0.05) is 104 Å². The van der Waals surface area contributed by atoms with Crippen molar-refractivity contribution in [3.63, 3.8) is 0 Å². The minimum absolute atomic E-state index is 0. The van der Waals surface area contributed by atoms with Crippen LogP contribution in [0.1, 0.15) is 153 Å². The van der Waals surface area contributed by atoms with Crippen molar-refractivity contribution in [3.05, 3.63) is 115 Å². The molecular weight excluding hydrogens is 835 g/mol. The van der Waals surface area contributed by atoms with Crippen molar-refractivity contribution in [2.75, 3.05) is 26.2 Å². The van der Waals surface area contributed by atoms with Gasteiger partial charge in [-0.05, 0) is 166 Å². The molecule has 0 spiro atoms. The van der Waals surface area contributed by atoms with Gasteiger partial charge in [0.1, 0.15) is 11.2 Å². The molecule has 4 aliphatic rings. The van der Waals surface area contributed by atoms with Crippen molar-refractivity contribution in [1.82, 2.24) is 9.80 Å². The van der Waals surface area contributed by atoms with E-state index >= 15 is 0 Å². The van der Waals surface area contributed by atoms with Gasteiger partial charge in [-0.25, -0.2) is 9.59 Å². The second-order valence-electron chi connectivity index (χ2n) is 19.0. The molecule has 7 heteroatoms. The number of hydrogen-bond acceptors (Lipinski definition) is 4. The Labute approximate surface area is 374 Å². The van der Waals surface area contributed by atoms with Crippen molar-refractivity contribution in [2.45, 2.75) is 142 Å². The molecule has 0 bridgehead atoms. The molecule has 2 aliphatic carbocycles. The first-order chi connectivity index (χ1) is 27.8. The zero-order chi connectivity index (χ0) is 40.9. The number of likely N-dealkylation sites (tertiary alicyclic amines) is 1. The van der Waals surface area contributed by atoms with Gasteiger partial charge >= 0.3 is 12.2 Å². The molecule has 8 rings (SSSR count). The molecule has 60 heavy (non-hydrogen) atoms. The van der Waals surface area contributed by atoms with Crippen LogP contribution < -0.4 is 0 Å². The van der Waals surface area contributed by atoms with E-state index in [-0.39, 0.29) is 40.0 Å². The van der Waals surface area contributed by atoms with Crippen molar-refractivity contribution >= 4 is 44.9 Å². The number of amides is 2. The van der Waals surface area contributed by atoms with Crippen molar-refractivity contribution in [2.24, 2.45) is 0 Å². The number of nitrogens with zero attached hydrogens (tertiary/aromatic N) is 2. The molecule has 6 nitrogen and oxygen atoms in total. The summed E-state index contributed by atoms with van der Waals surface area (Å²) in [5, 5.41) is 5.53. The third-order valence-electron chi connectivity index (χ3n) is 12.4. The van der Waals surface area contributed by atoms with Crippen molar-refractivity contribution < 1.29 is 39.5 Å². The number of hydrogen-bond donors (Lipinski definition) is 0. The van der Waals surface area contributed by atoms with E-state index in [1.807, 2.05) is 46.4 Å². The van der Waals surface area contributed by atoms with Crippen LogP contribution in [-0.4, -0.2) is 59.4 Å². The average molecular weight is 905 g/mol. The molecule has 4 aromatic carbocycles. The Morgan fingerprint density at radius 1 is 0.533 bits per heavy atom. The van der Waals surface area contributed by atoms with E-state index < -0.39 is 11.2 Å². The van der Waals surface area contributed by atoms with Crippen LogP contribution in [0.2, 0.25) is 0 Å². The van der Waals surface area contributed by atoms with Gasteiger partial charge in [0.2, 0.25) is 0 Å². The first-order valence-electron chi connectivity index (χ1n) is 22.2. The van der Waals surface area contributed by atoms with Gasteiger partial charge in [-0.15, -0.1) is 0 Å². The van der Waals surface area contributed by atoms with Crippen molar-refractivity contribution in [1.29, 1.82) is 0 Å². The fraction of sp³-hybridized carbons (Fsp3) is 0.491. The summed E-state index contributed by atoms with van der Waals surface area (Å²) in [7, 11) is 0. The number of carbonyl (C=O) groups is 2. The van der Waals surface area contributed by atoms with E-state index in [1.165, 1.54) is 107 Å². The van der Waals surface area contributed by atoms with Crippen LogP contribution in [0.4, 0.5) is 9.59 Å². The number of benzene rings is 4. The first kappa shape index (κ1) is 47.1. The monoisotopic (exact) mass is 903 g/mol. The minimum atomic E-state index is -0.457. The molecule has 2 amide bonds. The van der Waals surface area contributed by atoms with Crippen molar-refractivity contribution in [3.8, 4) is 0 Å². The minimum Gasteiger partial charge on any atom is -0.444 e. The summed E-state index contributed by atoms with van der Waals surface area (Å²) < 4.78 is 11.1. The van der Waals surface area contributed by atoms with E-state index in [0.717, 1.165) is 38.3 Å². The molecule has 2 heterocycles. The summed E-state index contributed by atoms with van der Waals surface area (Å²) in [6.07, 6.45) is 18.8. The normalized spacial score (nSPS) is 18.0. The van der Waals surface area contributed by atoms with E-state index in [9.17, 15) is 9.59 Å². The van der Waals surface area contributed by atoms with Gasteiger partial charge in [0.25, 0.3) is 0 Å². The molecule has 326 valence electrons. The molecule has 0 aromatic heterocycles. The largest absolute Gasteiger partial charge is 0.444 e. The Hall–Kier alpha value is -3.92. The molecule has 4 aromatic rings. The summed E-state index contributed by atoms with van der Waals surface area (Å²) in [5.74, 6) is 1.23. The van der Waals surface area contributed by atoms with Gasteiger partial charge in [-0.2, -0.15) is 0 Å². The maximum absolute atomic E-state index is 12.4. The second-order valence-corrected chi connectivity index (χ2v) is 19.0. The molecule has 0 N–H and O–H groups in total. The van der Waals surface area contributed by atoms with Gasteiger partial charge in [0.05, 0.1) is 0 Å². The Bertz CT molecular complexity index is 2140. The molecule has 2 fully saturated rings. The van der Waals surface area contributed by atoms with Crippen LogP contribution in [0, 0.1) is 7.43 Å². The fourth-order valence-corrected chi connectivity index (χ4v) is 9.52. The molecule has 2 aliphatic heterocycles. The van der Waals surface area contributed by atoms with Gasteiger partial charge in [-0.3, -0.25) is 0 Å². The SMILES string of the molecule is CC(C)(C)OC(=O)N1CC=C(c2ccc(C3=CCCCC3)c3ccccc23)CC1.CC(C)(C)OC(=O)N1CCC(c2ccc(C3CCCCC3)c3ccccc23)CC1.[CH3-].[Pd]. The van der Waals surface area contributed by atoms with Gasteiger partial charge < -0.3 is 26.7 Å². The molecule has 0 unspecified atom stereocenters. The molecule has 1 saturated carbocycles. The summed E-state index contributed by atoms with van der Waals surface area (Å²) in [6.45, 7) is 14.4. The number of fused-ring (bicyclic) bond motifs is 2. The van der Waals surface area contributed by atoms with Crippen LogP contribution in [-0.2, 0) is 29.9 Å². The molecule has 0 radical (unpaired) electrons.